The second-order valence-electron chi connectivity index (χ2n) is 3.38. The lowest BCUT2D eigenvalue weighted by Crippen LogP contribution is -2.51. The molecular weight excluding hydrogens is 298 g/mol. The highest BCUT2D eigenvalue weighted by molar-refractivity contribution is 5.94. The molecule has 11 heteroatoms. The molecular formula is C9H4F6N2O3. The SMILES string of the molecule is O=C(c1ccc([N+](=O)[O-])cc1)N(C(F)(F)F)C(F)(F)F. The highest BCUT2D eigenvalue weighted by Crippen LogP contribution is 2.35. The molecule has 0 heterocycles. The van der Waals surface area contributed by atoms with Crippen LogP contribution in [-0.4, -0.2) is 28.3 Å². The van der Waals surface area contributed by atoms with E-state index in [0.29, 0.717) is 24.3 Å². The number of alkyl halides is 6. The summed E-state index contributed by atoms with van der Waals surface area (Å²) < 4.78 is 73.4. The van der Waals surface area contributed by atoms with Crippen molar-refractivity contribution in [1.82, 2.24) is 4.90 Å². The minimum absolute atomic E-state index is 0.505. The molecule has 0 aliphatic rings. The lowest BCUT2D eigenvalue weighted by atomic mass is 10.2. The number of benzene rings is 1. The molecule has 0 aliphatic heterocycles. The number of carbonyl (C=O) groups is 1. The molecule has 0 aliphatic carbocycles. The van der Waals surface area contributed by atoms with Gasteiger partial charge >= 0.3 is 12.6 Å². The van der Waals surface area contributed by atoms with Gasteiger partial charge in [-0.3, -0.25) is 14.9 Å². The molecule has 110 valence electrons. The molecule has 0 spiro atoms. The van der Waals surface area contributed by atoms with Crippen LogP contribution in [0.15, 0.2) is 24.3 Å². The average Bonchev–Trinajstić information content (AvgIpc) is 2.25. The van der Waals surface area contributed by atoms with Gasteiger partial charge in [0.15, 0.2) is 0 Å². The normalized spacial score (nSPS) is 12.1. The van der Waals surface area contributed by atoms with Crippen molar-refractivity contribution >= 4 is 11.6 Å². The first-order valence-electron chi connectivity index (χ1n) is 4.67. The van der Waals surface area contributed by atoms with Crippen molar-refractivity contribution in [3.63, 3.8) is 0 Å². The summed E-state index contributed by atoms with van der Waals surface area (Å²) in [6.07, 6.45) is -11.9. The van der Waals surface area contributed by atoms with Crippen LogP contribution in [0.5, 0.6) is 0 Å². The third-order valence-corrected chi connectivity index (χ3v) is 2.04. The summed E-state index contributed by atoms with van der Waals surface area (Å²) in [5.41, 5.74) is -1.56. The molecule has 0 unspecified atom stereocenters. The minimum Gasteiger partial charge on any atom is -0.269 e. The molecule has 1 aromatic carbocycles. The van der Waals surface area contributed by atoms with Crippen LogP contribution in [0, 0.1) is 10.1 Å². The summed E-state index contributed by atoms with van der Waals surface area (Å²) in [6.45, 7) is 0. The minimum atomic E-state index is -5.96. The van der Waals surface area contributed by atoms with Crippen molar-refractivity contribution < 1.29 is 36.1 Å². The van der Waals surface area contributed by atoms with Gasteiger partial charge < -0.3 is 0 Å². The summed E-state index contributed by atoms with van der Waals surface area (Å²) >= 11 is 0. The van der Waals surface area contributed by atoms with Crippen LogP contribution in [0.1, 0.15) is 10.4 Å². The molecule has 0 atom stereocenters. The van der Waals surface area contributed by atoms with Crippen molar-refractivity contribution in [2.45, 2.75) is 12.6 Å². The average molecular weight is 302 g/mol. The zero-order valence-electron chi connectivity index (χ0n) is 9.20. The van der Waals surface area contributed by atoms with Gasteiger partial charge in [0.25, 0.3) is 11.6 Å². The molecule has 0 aromatic heterocycles. The van der Waals surface area contributed by atoms with Gasteiger partial charge in [0.1, 0.15) is 0 Å². The van der Waals surface area contributed by atoms with Crippen molar-refractivity contribution in [3.8, 4) is 0 Å². The first kappa shape index (κ1) is 15.7. The Labute approximate surface area is 106 Å². The van der Waals surface area contributed by atoms with Crippen molar-refractivity contribution in [3.05, 3.63) is 39.9 Å². The smallest absolute Gasteiger partial charge is 0.269 e. The second-order valence-corrected chi connectivity index (χ2v) is 3.38. The number of amides is 1. The highest BCUT2D eigenvalue weighted by atomic mass is 19.4. The zero-order valence-corrected chi connectivity index (χ0v) is 9.20. The van der Waals surface area contributed by atoms with Gasteiger partial charge in [0.2, 0.25) is 0 Å². The van der Waals surface area contributed by atoms with E-state index in [1.807, 2.05) is 0 Å². The predicted octanol–water partition coefficient (Wildman–Crippen LogP) is 3.08. The molecule has 0 radical (unpaired) electrons. The first-order chi connectivity index (χ1) is 8.94. The van der Waals surface area contributed by atoms with E-state index in [4.69, 9.17) is 0 Å². The first-order valence-corrected chi connectivity index (χ1v) is 4.67. The topological polar surface area (TPSA) is 63.4 Å². The Balaban J connectivity index is 3.17. The summed E-state index contributed by atoms with van der Waals surface area (Å²) in [7, 11) is 0. The summed E-state index contributed by atoms with van der Waals surface area (Å²) in [5.74, 6) is -2.38. The second kappa shape index (κ2) is 4.98. The van der Waals surface area contributed by atoms with E-state index >= 15 is 0 Å². The Morgan fingerprint density at radius 3 is 1.70 bits per heavy atom. The number of nitro groups is 1. The Morgan fingerprint density at radius 2 is 1.40 bits per heavy atom. The summed E-state index contributed by atoms with van der Waals surface area (Å²) in [5, 5.41) is 10.3. The van der Waals surface area contributed by atoms with Crippen LogP contribution in [0.4, 0.5) is 32.0 Å². The number of nitrogens with zero attached hydrogens (tertiary/aromatic N) is 2. The van der Waals surface area contributed by atoms with E-state index in [1.54, 1.807) is 0 Å². The number of hydrogen-bond acceptors (Lipinski definition) is 3. The number of non-ortho nitro benzene ring substituents is 1. The zero-order chi connectivity index (χ0) is 15.7. The third-order valence-electron chi connectivity index (χ3n) is 2.04. The van der Waals surface area contributed by atoms with E-state index < -0.39 is 39.6 Å². The van der Waals surface area contributed by atoms with Crippen LogP contribution < -0.4 is 0 Å². The van der Waals surface area contributed by atoms with Crippen LogP contribution in [0.25, 0.3) is 0 Å². The molecule has 0 saturated heterocycles. The molecule has 0 fully saturated rings. The van der Waals surface area contributed by atoms with Crippen LogP contribution in [0.3, 0.4) is 0 Å². The molecule has 0 bridgehead atoms. The van der Waals surface area contributed by atoms with E-state index in [9.17, 15) is 41.3 Å². The van der Waals surface area contributed by atoms with Gasteiger partial charge in [0, 0.05) is 17.7 Å². The van der Waals surface area contributed by atoms with Crippen LogP contribution in [-0.2, 0) is 0 Å². The summed E-state index contributed by atoms with van der Waals surface area (Å²) in [4.78, 5) is 18.4. The van der Waals surface area contributed by atoms with Gasteiger partial charge in [-0.15, -0.1) is 26.3 Å². The predicted molar refractivity (Wildman–Crippen MR) is 51.4 cm³/mol. The van der Waals surface area contributed by atoms with E-state index in [1.165, 1.54) is 0 Å². The third kappa shape index (κ3) is 3.36. The maximum atomic E-state index is 12.2. The lowest BCUT2D eigenvalue weighted by Gasteiger charge is -2.26. The van der Waals surface area contributed by atoms with E-state index in [2.05, 4.69) is 0 Å². The fraction of sp³-hybridized carbons (Fsp3) is 0.222. The number of rotatable bonds is 2. The Kier molecular flexibility index (Phi) is 3.92. The number of halogens is 6. The fourth-order valence-electron chi connectivity index (χ4n) is 1.23. The molecule has 20 heavy (non-hydrogen) atoms. The van der Waals surface area contributed by atoms with Crippen molar-refractivity contribution in [1.29, 1.82) is 0 Å². The van der Waals surface area contributed by atoms with E-state index in [-0.39, 0.29) is 0 Å². The van der Waals surface area contributed by atoms with Crippen LogP contribution >= 0.6 is 0 Å². The lowest BCUT2D eigenvalue weighted by molar-refractivity contribution is -0.384. The van der Waals surface area contributed by atoms with Crippen molar-refractivity contribution in [2.24, 2.45) is 0 Å². The molecule has 0 N–H and O–H groups in total. The quantitative estimate of drug-likeness (QED) is 0.365. The maximum absolute atomic E-state index is 12.2. The van der Waals surface area contributed by atoms with Crippen LogP contribution in [0.2, 0.25) is 0 Å². The molecule has 1 amide bonds. The maximum Gasteiger partial charge on any atom is 0.494 e. The van der Waals surface area contributed by atoms with Gasteiger partial charge in [-0.25, -0.2) is 0 Å². The monoisotopic (exact) mass is 302 g/mol. The van der Waals surface area contributed by atoms with Gasteiger partial charge in [-0.05, 0) is 12.1 Å². The molecule has 5 nitrogen and oxygen atoms in total. The Hall–Kier alpha value is -2.33. The Morgan fingerprint density at radius 1 is 1.00 bits per heavy atom. The summed E-state index contributed by atoms with van der Waals surface area (Å²) in [6, 6.07) is 2.26. The van der Waals surface area contributed by atoms with Crippen molar-refractivity contribution in [2.75, 3.05) is 0 Å². The van der Waals surface area contributed by atoms with Gasteiger partial charge in [0.05, 0.1) is 4.92 Å². The largest absolute Gasteiger partial charge is 0.494 e. The number of hydrogen-bond donors (Lipinski definition) is 0. The number of nitro benzene ring substituents is 1. The molecule has 1 rings (SSSR count). The molecule has 0 saturated carbocycles. The number of carbonyl (C=O) groups excluding carboxylic acids is 1. The molecule has 1 aromatic rings. The van der Waals surface area contributed by atoms with Gasteiger partial charge in [-0.2, -0.15) is 4.90 Å². The highest BCUT2D eigenvalue weighted by Gasteiger charge is 2.57. The Bertz CT molecular complexity index is 508. The van der Waals surface area contributed by atoms with Gasteiger partial charge in [-0.1, -0.05) is 0 Å². The fourth-order valence-corrected chi connectivity index (χ4v) is 1.23. The van der Waals surface area contributed by atoms with E-state index in [0.717, 1.165) is 0 Å². The standard InChI is InChI=1S/C9H4F6N2O3/c10-8(11,12)16(9(13,14)15)7(18)5-1-3-6(4-2-5)17(19)20/h1-4H.